The van der Waals surface area contributed by atoms with E-state index in [1.54, 1.807) is 18.2 Å². The van der Waals surface area contributed by atoms with Crippen LogP contribution in [-0.4, -0.2) is 36.5 Å². The van der Waals surface area contributed by atoms with E-state index in [0.717, 1.165) is 26.1 Å². The summed E-state index contributed by atoms with van der Waals surface area (Å²) in [6, 6.07) is 5.44. The molecule has 0 radical (unpaired) electrons. The number of halogens is 2. The second kappa shape index (κ2) is 5.91. The Morgan fingerprint density at radius 3 is 2.72 bits per heavy atom. The number of hydrogen-bond acceptors (Lipinski definition) is 2. The molecule has 0 bridgehead atoms. The minimum Gasteiger partial charge on any atom is -0.333 e. The molecule has 1 aliphatic rings. The van der Waals surface area contributed by atoms with Crippen molar-refractivity contribution >= 4 is 29.1 Å². The molecule has 1 aliphatic heterocycles. The lowest BCUT2D eigenvalue weighted by Crippen LogP contribution is -2.59. The van der Waals surface area contributed by atoms with E-state index in [4.69, 9.17) is 23.2 Å². The molecule has 3 nitrogen and oxygen atoms in total. The van der Waals surface area contributed by atoms with Crippen molar-refractivity contribution in [1.29, 1.82) is 0 Å². The summed E-state index contributed by atoms with van der Waals surface area (Å²) >= 11 is 12.1. The molecule has 18 heavy (non-hydrogen) atoms. The van der Waals surface area contributed by atoms with Crippen molar-refractivity contribution < 1.29 is 4.79 Å². The van der Waals surface area contributed by atoms with Gasteiger partial charge in [-0.25, -0.2) is 0 Å². The van der Waals surface area contributed by atoms with Crippen molar-refractivity contribution in [2.75, 3.05) is 19.6 Å². The highest BCUT2D eigenvalue weighted by Crippen LogP contribution is 2.27. The molecule has 0 saturated carbocycles. The maximum atomic E-state index is 12.5. The number of hydrogen-bond donors (Lipinski definition) is 1. The molecule has 0 aliphatic carbocycles. The van der Waals surface area contributed by atoms with Gasteiger partial charge >= 0.3 is 0 Å². The Kier molecular flexibility index (Phi) is 4.49. The van der Waals surface area contributed by atoms with E-state index in [0.29, 0.717) is 15.6 Å². The van der Waals surface area contributed by atoms with Gasteiger partial charge in [0.1, 0.15) is 0 Å². The van der Waals surface area contributed by atoms with Gasteiger partial charge in [-0.3, -0.25) is 4.79 Å². The predicted molar refractivity (Wildman–Crippen MR) is 74.4 cm³/mol. The third kappa shape index (κ3) is 2.63. The van der Waals surface area contributed by atoms with Crippen molar-refractivity contribution in [1.82, 2.24) is 10.2 Å². The van der Waals surface area contributed by atoms with Crippen LogP contribution in [0.1, 0.15) is 23.7 Å². The van der Waals surface area contributed by atoms with E-state index in [9.17, 15) is 4.79 Å². The SMILES string of the molecule is CCCN(C(=O)c1cccc(Cl)c1Cl)C1CNC1. The van der Waals surface area contributed by atoms with Gasteiger partial charge in [0.25, 0.3) is 5.91 Å². The molecular formula is C13H16Cl2N2O. The van der Waals surface area contributed by atoms with Gasteiger partial charge in [0.2, 0.25) is 0 Å². The molecule has 5 heteroatoms. The zero-order valence-corrected chi connectivity index (χ0v) is 11.8. The molecule has 0 spiro atoms. The quantitative estimate of drug-likeness (QED) is 0.923. The van der Waals surface area contributed by atoms with E-state index in [2.05, 4.69) is 12.2 Å². The summed E-state index contributed by atoms with van der Waals surface area (Å²) in [6.07, 6.45) is 0.931. The highest BCUT2D eigenvalue weighted by molar-refractivity contribution is 6.43. The molecule has 1 N–H and O–H groups in total. The number of carbonyl (C=O) groups excluding carboxylic acids is 1. The van der Waals surface area contributed by atoms with Crippen LogP contribution in [0.5, 0.6) is 0 Å². The molecule has 1 aromatic rings. The van der Waals surface area contributed by atoms with Crippen molar-refractivity contribution in [2.45, 2.75) is 19.4 Å². The van der Waals surface area contributed by atoms with Crippen LogP contribution in [0.2, 0.25) is 10.0 Å². The molecular weight excluding hydrogens is 271 g/mol. The summed E-state index contributed by atoms with van der Waals surface area (Å²) in [5.41, 5.74) is 0.490. The molecule has 1 saturated heterocycles. The Morgan fingerprint density at radius 2 is 2.17 bits per heavy atom. The first-order valence-electron chi connectivity index (χ1n) is 6.10. The predicted octanol–water partition coefficient (Wildman–Crippen LogP) is 2.82. The fraction of sp³-hybridized carbons (Fsp3) is 0.462. The van der Waals surface area contributed by atoms with Crippen LogP contribution in [0.3, 0.4) is 0 Å². The van der Waals surface area contributed by atoms with Gasteiger partial charge in [-0.2, -0.15) is 0 Å². The molecule has 0 atom stereocenters. The summed E-state index contributed by atoms with van der Waals surface area (Å²) in [6.45, 7) is 4.51. The lowest BCUT2D eigenvalue weighted by molar-refractivity contribution is 0.0616. The normalized spacial score (nSPS) is 15.3. The van der Waals surface area contributed by atoms with Crippen LogP contribution in [0.15, 0.2) is 18.2 Å². The van der Waals surface area contributed by atoms with E-state index in [1.165, 1.54) is 0 Å². The van der Waals surface area contributed by atoms with Crippen LogP contribution in [-0.2, 0) is 0 Å². The van der Waals surface area contributed by atoms with Crippen LogP contribution < -0.4 is 5.32 Å². The Bertz CT molecular complexity index is 447. The Balaban J connectivity index is 2.24. The lowest BCUT2D eigenvalue weighted by atomic mass is 10.1. The zero-order valence-electron chi connectivity index (χ0n) is 10.2. The summed E-state index contributed by atoms with van der Waals surface area (Å²) in [7, 11) is 0. The van der Waals surface area contributed by atoms with Gasteiger partial charge in [0, 0.05) is 19.6 Å². The van der Waals surface area contributed by atoms with Gasteiger partial charge < -0.3 is 10.2 Å². The van der Waals surface area contributed by atoms with E-state index < -0.39 is 0 Å². The number of nitrogens with zero attached hydrogens (tertiary/aromatic N) is 1. The molecule has 0 aromatic heterocycles. The standard InChI is InChI=1S/C13H16Cl2N2O/c1-2-6-17(9-7-16-8-9)13(18)10-4-3-5-11(14)12(10)15/h3-5,9,16H,2,6-8H2,1H3. The second-order valence-corrected chi connectivity index (χ2v) is 5.20. The first-order valence-corrected chi connectivity index (χ1v) is 6.86. The van der Waals surface area contributed by atoms with Crippen molar-refractivity contribution in [3.8, 4) is 0 Å². The minimum absolute atomic E-state index is 0.0316. The lowest BCUT2D eigenvalue weighted by Gasteiger charge is -2.38. The minimum atomic E-state index is -0.0316. The summed E-state index contributed by atoms with van der Waals surface area (Å²) in [4.78, 5) is 14.4. The Morgan fingerprint density at radius 1 is 1.44 bits per heavy atom. The zero-order chi connectivity index (χ0) is 13.1. The summed E-state index contributed by atoms with van der Waals surface area (Å²) < 4.78 is 0. The van der Waals surface area contributed by atoms with Crippen LogP contribution >= 0.6 is 23.2 Å². The topological polar surface area (TPSA) is 32.3 Å². The number of nitrogens with one attached hydrogen (secondary N) is 1. The first-order chi connectivity index (χ1) is 8.65. The molecule has 1 aromatic carbocycles. The van der Waals surface area contributed by atoms with Gasteiger partial charge in [0.15, 0.2) is 0 Å². The van der Waals surface area contributed by atoms with Crippen molar-refractivity contribution in [3.05, 3.63) is 33.8 Å². The highest BCUT2D eigenvalue weighted by Gasteiger charge is 2.29. The van der Waals surface area contributed by atoms with Gasteiger partial charge in [0.05, 0.1) is 21.7 Å². The Labute approximate surface area is 117 Å². The average molecular weight is 287 g/mol. The largest absolute Gasteiger partial charge is 0.333 e. The summed E-state index contributed by atoms with van der Waals surface area (Å²) in [5.74, 6) is -0.0316. The van der Waals surface area contributed by atoms with Crippen LogP contribution in [0.25, 0.3) is 0 Å². The van der Waals surface area contributed by atoms with Crippen LogP contribution in [0.4, 0.5) is 0 Å². The maximum Gasteiger partial charge on any atom is 0.255 e. The molecule has 1 fully saturated rings. The molecule has 1 heterocycles. The third-order valence-corrected chi connectivity index (χ3v) is 3.93. The number of carbonyl (C=O) groups is 1. The monoisotopic (exact) mass is 286 g/mol. The summed E-state index contributed by atoms with van der Waals surface area (Å²) in [5, 5.41) is 3.95. The second-order valence-electron chi connectivity index (χ2n) is 4.41. The smallest absolute Gasteiger partial charge is 0.255 e. The fourth-order valence-electron chi connectivity index (χ4n) is 2.01. The van der Waals surface area contributed by atoms with Gasteiger partial charge in [-0.15, -0.1) is 0 Å². The van der Waals surface area contributed by atoms with Crippen LogP contribution in [0, 0.1) is 0 Å². The number of amides is 1. The molecule has 0 unspecified atom stereocenters. The van der Waals surface area contributed by atoms with E-state index >= 15 is 0 Å². The van der Waals surface area contributed by atoms with Gasteiger partial charge in [-0.05, 0) is 18.6 Å². The number of benzene rings is 1. The van der Waals surface area contributed by atoms with E-state index in [1.807, 2.05) is 4.90 Å². The van der Waals surface area contributed by atoms with Gasteiger partial charge in [-0.1, -0.05) is 36.2 Å². The van der Waals surface area contributed by atoms with Crippen molar-refractivity contribution in [3.63, 3.8) is 0 Å². The molecule has 1 amide bonds. The third-order valence-electron chi connectivity index (χ3n) is 3.11. The fourth-order valence-corrected chi connectivity index (χ4v) is 2.39. The highest BCUT2D eigenvalue weighted by atomic mass is 35.5. The van der Waals surface area contributed by atoms with E-state index in [-0.39, 0.29) is 11.9 Å². The molecule has 2 rings (SSSR count). The maximum absolute atomic E-state index is 12.5. The average Bonchev–Trinajstić information content (AvgIpc) is 2.29. The van der Waals surface area contributed by atoms with Crippen molar-refractivity contribution in [2.24, 2.45) is 0 Å². The number of rotatable bonds is 4. The molecule has 98 valence electrons. The first kappa shape index (κ1) is 13.7. The Hall–Kier alpha value is -0.770.